The van der Waals surface area contributed by atoms with Crippen LogP contribution in [0.2, 0.25) is 0 Å². The number of piperidine rings is 1. The van der Waals surface area contributed by atoms with Crippen LogP contribution in [-0.2, 0) is 4.79 Å². The fraction of sp³-hybridized carbons (Fsp3) is 0.632. The van der Waals surface area contributed by atoms with Gasteiger partial charge in [0, 0.05) is 13.1 Å². The SMILES string of the molecule is CC1CCNCC1.CCC(CC)Oc1ccc(C(N)=NC=O)c(NC)n1. The van der Waals surface area contributed by atoms with Crippen molar-refractivity contribution in [2.24, 2.45) is 16.6 Å². The second-order valence-corrected chi connectivity index (χ2v) is 6.40. The normalized spacial score (nSPS) is 15.2. The molecule has 1 saturated heterocycles. The van der Waals surface area contributed by atoms with Gasteiger partial charge in [0.05, 0.1) is 11.7 Å². The average molecular weight is 364 g/mol. The van der Waals surface area contributed by atoms with E-state index >= 15 is 0 Å². The van der Waals surface area contributed by atoms with Crippen molar-refractivity contribution in [2.75, 3.05) is 25.5 Å². The predicted molar refractivity (Wildman–Crippen MR) is 107 cm³/mol. The zero-order valence-electron chi connectivity index (χ0n) is 16.4. The number of anilines is 1. The molecule has 1 aromatic rings. The van der Waals surface area contributed by atoms with Gasteiger partial charge in [0.15, 0.2) is 0 Å². The highest BCUT2D eigenvalue weighted by Gasteiger charge is 2.11. The molecule has 4 N–H and O–H groups in total. The maximum Gasteiger partial charge on any atom is 0.234 e. The number of nitrogens with zero attached hydrogens (tertiary/aromatic N) is 2. The Kier molecular flexibility index (Phi) is 10.3. The number of aliphatic imine (C=N–C) groups is 1. The lowest BCUT2D eigenvalue weighted by Gasteiger charge is -2.17. The van der Waals surface area contributed by atoms with Crippen LogP contribution in [0.3, 0.4) is 0 Å². The molecule has 0 aliphatic carbocycles. The third kappa shape index (κ3) is 7.39. The molecule has 2 rings (SSSR count). The van der Waals surface area contributed by atoms with Gasteiger partial charge in [0.25, 0.3) is 0 Å². The molecule has 0 unspecified atom stereocenters. The van der Waals surface area contributed by atoms with Gasteiger partial charge in [-0.25, -0.2) is 0 Å². The molecule has 0 saturated carbocycles. The minimum absolute atomic E-state index is 0.126. The van der Waals surface area contributed by atoms with Gasteiger partial charge in [-0.3, -0.25) is 4.79 Å². The molecule has 1 aromatic heterocycles. The van der Waals surface area contributed by atoms with Gasteiger partial charge in [-0.2, -0.15) is 9.98 Å². The van der Waals surface area contributed by atoms with E-state index in [1.165, 1.54) is 25.9 Å². The van der Waals surface area contributed by atoms with Gasteiger partial charge in [0.2, 0.25) is 12.3 Å². The number of amidine groups is 1. The van der Waals surface area contributed by atoms with E-state index in [0.717, 1.165) is 18.8 Å². The summed E-state index contributed by atoms with van der Waals surface area (Å²) in [6.45, 7) is 8.93. The summed E-state index contributed by atoms with van der Waals surface area (Å²) in [7, 11) is 1.72. The molecule has 2 heterocycles. The summed E-state index contributed by atoms with van der Waals surface area (Å²) < 4.78 is 5.75. The fourth-order valence-electron chi connectivity index (χ4n) is 2.62. The van der Waals surface area contributed by atoms with Crippen molar-refractivity contribution in [2.45, 2.75) is 52.6 Å². The van der Waals surface area contributed by atoms with Crippen LogP contribution in [0.25, 0.3) is 0 Å². The molecule has 26 heavy (non-hydrogen) atoms. The van der Waals surface area contributed by atoms with Crippen LogP contribution in [0.15, 0.2) is 17.1 Å². The van der Waals surface area contributed by atoms with E-state index in [0.29, 0.717) is 23.7 Å². The highest BCUT2D eigenvalue weighted by molar-refractivity contribution is 6.04. The number of hydrogen-bond acceptors (Lipinski definition) is 5. The Balaban J connectivity index is 0.000000401. The van der Waals surface area contributed by atoms with Gasteiger partial charge >= 0.3 is 0 Å². The molecule has 7 nitrogen and oxygen atoms in total. The number of rotatable bonds is 7. The van der Waals surface area contributed by atoms with Gasteiger partial charge in [-0.1, -0.05) is 20.8 Å². The molecule has 0 aromatic carbocycles. The first kappa shape index (κ1) is 21.9. The van der Waals surface area contributed by atoms with E-state index in [4.69, 9.17) is 10.5 Å². The minimum atomic E-state index is 0.126. The van der Waals surface area contributed by atoms with Crippen LogP contribution in [-0.4, -0.2) is 43.5 Å². The molecular weight excluding hydrogens is 330 g/mol. The van der Waals surface area contributed by atoms with Crippen molar-refractivity contribution in [3.8, 4) is 5.88 Å². The minimum Gasteiger partial charge on any atom is -0.474 e. The van der Waals surface area contributed by atoms with E-state index in [1.807, 2.05) is 0 Å². The van der Waals surface area contributed by atoms with E-state index in [9.17, 15) is 4.79 Å². The molecular formula is C19H33N5O2. The van der Waals surface area contributed by atoms with Crippen LogP contribution < -0.4 is 21.1 Å². The molecule has 1 fully saturated rings. The summed E-state index contributed by atoms with van der Waals surface area (Å²) in [4.78, 5) is 18.2. The zero-order chi connectivity index (χ0) is 19.4. The number of amides is 1. The molecule has 7 heteroatoms. The first-order valence-electron chi connectivity index (χ1n) is 9.39. The first-order valence-corrected chi connectivity index (χ1v) is 9.39. The van der Waals surface area contributed by atoms with E-state index in [1.54, 1.807) is 19.2 Å². The largest absolute Gasteiger partial charge is 0.474 e. The number of nitrogens with one attached hydrogen (secondary N) is 2. The molecule has 1 aliphatic rings. The molecule has 146 valence electrons. The Morgan fingerprint density at radius 2 is 2.08 bits per heavy atom. The van der Waals surface area contributed by atoms with Crippen molar-refractivity contribution in [1.29, 1.82) is 0 Å². The third-order valence-electron chi connectivity index (χ3n) is 4.40. The molecule has 0 radical (unpaired) electrons. The average Bonchev–Trinajstić information content (AvgIpc) is 2.67. The molecule has 0 atom stereocenters. The van der Waals surface area contributed by atoms with E-state index < -0.39 is 0 Å². The molecule has 1 aliphatic heterocycles. The van der Waals surface area contributed by atoms with Crippen molar-refractivity contribution in [1.82, 2.24) is 10.3 Å². The molecule has 0 bridgehead atoms. The zero-order valence-corrected chi connectivity index (χ0v) is 16.4. The smallest absolute Gasteiger partial charge is 0.234 e. The van der Waals surface area contributed by atoms with Crippen molar-refractivity contribution in [3.63, 3.8) is 0 Å². The van der Waals surface area contributed by atoms with Crippen LogP contribution in [0.5, 0.6) is 5.88 Å². The van der Waals surface area contributed by atoms with Crippen molar-refractivity contribution in [3.05, 3.63) is 17.7 Å². The highest BCUT2D eigenvalue weighted by atomic mass is 16.5. The lowest BCUT2D eigenvalue weighted by Crippen LogP contribution is -2.26. The Morgan fingerprint density at radius 3 is 2.54 bits per heavy atom. The quantitative estimate of drug-likeness (QED) is 0.391. The van der Waals surface area contributed by atoms with E-state index in [2.05, 4.69) is 41.4 Å². The second kappa shape index (κ2) is 12.2. The maximum absolute atomic E-state index is 10.3. The number of carbonyl (C=O) groups is 1. The van der Waals surface area contributed by atoms with Gasteiger partial charge in [-0.15, -0.1) is 0 Å². The van der Waals surface area contributed by atoms with Crippen molar-refractivity contribution < 1.29 is 9.53 Å². The number of pyridine rings is 1. The maximum atomic E-state index is 10.3. The Hall–Kier alpha value is -2.15. The summed E-state index contributed by atoms with van der Waals surface area (Å²) in [5, 5.41) is 6.23. The van der Waals surface area contributed by atoms with Crippen molar-refractivity contribution >= 4 is 18.1 Å². The first-order chi connectivity index (χ1) is 12.5. The molecule has 0 spiro atoms. The number of hydrogen-bond donors (Lipinski definition) is 3. The fourth-order valence-corrected chi connectivity index (χ4v) is 2.62. The Morgan fingerprint density at radius 1 is 1.42 bits per heavy atom. The van der Waals surface area contributed by atoms with Crippen LogP contribution in [0.4, 0.5) is 5.82 Å². The summed E-state index contributed by atoms with van der Waals surface area (Å²) in [5.41, 5.74) is 6.26. The molecule has 1 amide bonds. The number of carbonyl (C=O) groups excluding carboxylic acids is 1. The summed E-state index contributed by atoms with van der Waals surface area (Å²) in [5.74, 6) is 2.16. The van der Waals surface area contributed by atoms with Crippen LogP contribution >= 0.6 is 0 Å². The summed E-state index contributed by atoms with van der Waals surface area (Å²) in [6, 6.07) is 3.46. The summed E-state index contributed by atoms with van der Waals surface area (Å²) >= 11 is 0. The van der Waals surface area contributed by atoms with Crippen LogP contribution in [0.1, 0.15) is 52.0 Å². The number of ether oxygens (including phenoxy) is 1. The van der Waals surface area contributed by atoms with E-state index in [-0.39, 0.29) is 11.9 Å². The standard InChI is InChI=1S/C13H20N4O2.C6H13N/c1-4-9(5-2)19-11-7-6-10(12(14)16-8-18)13(15-3)17-11;1-6-2-4-7-5-3-6/h6-9H,4-5H2,1-3H3,(H,15,17)(H2,14,16,18);6-7H,2-5H2,1H3. The monoisotopic (exact) mass is 363 g/mol. The Labute approximate surface area is 156 Å². The predicted octanol–water partition coefficient (Wildman–Crippen LogP) is 2.56. The summed E-state index contributed by atoms with van der Waals surface area (Å²) in [6.07, 6.45) is 5.14. The van der Waals surface area contributed by atoms with Gasteiger partial charge < -0.3 is 21.1 Å². The third-order valence-corrected chi connectivity index (χ3v) is 4.40. The lowest BCUT2D eigenvalue weighted by molar-refractivity contribution is -0.106. The topological polar surface area (TPSA) is 102 Å². The number of aromatic nitrogens is 1. The van der Waals surface area contributed by atoms with Gasteiger partial charge in [0.1, 0.15) is 11.7 Å². The Bertz CT molecular complexity index is 567. The highest BCUT2D eigenvalue weighted by Crippen LogP contribution is 2.19. The lowest BCUT2D eigenvalue weighted by atomic mass is 10.0. The second-order valence-electron chi connectivity index (χ2n) is 6.40. The number of nitrogens with two attached hydrogens (primary N) is 1. The van der Waals surface area contributed by atoms with Crippen LogP contribution in [0, 0.1) is 5.92 Å². The van der Waals surface area contributed by atoms with Gasteiger partial charge in [-0.05, 0) is 50.8 Å².